The quantitative estimate of drug-likeness (QED) is 0.149. The van der Waals surface area contributed by atoms with Gasteiger partial charge in [-0.3, -0.25) is 0 Å². The summed E-state index contributed by atoms with van der Waals surface area (Å²) < 4.78 is 12.2. The number of hydrogen-bond donors (Lipinski definition) is 0. The van der Waals surface area contributed by atoms with Crippen molar-refractivity contribution in [3.8, 4) is 44.5 Å². The van der Waals surface area contributed by atoms with E-state index in [1.54, 1.807) is 0 Å². The molecule has 0 aliphatic carbocycles. The van der Waals surface area contributed by atoms with Crippen LogP contribution in [0.3, 0.4) is 0 Å². The number of nitrogens with zero attached hydrogens (tertiary/aromatic N) is 1. The van der Waals surface area contributed by atoms with Crippen LogP contribution in [0, 0.1) is 0 Å². The van der Waals surface area contributed by atoms with Gasteiger partial charge in [0.1, 0.15) is 22.3 Å². The first kappa shape index (κ1) is 39.0. The Balaban J connectivity index is 0.814. The normalized spacial score (nSPS) is 11.8. The van der Waals surface area contributed by atoms with Gasteiger partial charge in [-0.1, -0.05) is 176 Å². The summed E-state index contributed by atoms with van der Waals surface area (Å²) in [5, 5.41) is 12.1. The van der Waals surface area contributed by atoms with Crippen LogP contribution < -0.4 is 4.90 Å². The smallest absolute Gasteiger partial charge is 0.135 e. The summed E-state index contributed by atoms with van der Waals surface area (Å²) in [6.07, 6.45) is 0. The van der Waals surface area contributed by atoms with Gasteiger partial charge in [-0.2, -0.15) is 0 Å². The van der Waals surface area contributed by atoms with E-state index in [2.05, 4.69) is 229 Å². The third kappa shape index (κ3) is 6.58. The Labute approximate surface area is 398 Å². The molecular formula is C66H41NO2. The first-order valence-electron chi connectivity index (χ1n) is 23.5. The van der Waals surface area contributed by atoms with E-state index >= 15 is 0 Å². The lowest BCUT2D eigenvalue weighted by Gasteiger charge is -2.27. The second kappa shape index (κ2) is 15.7. The Morgan fingerprint density at radius 2 is 0.478 bits per heavy atom. The maximum absolute atomic E-state index is 6.10. The Morgan fingerprint density at radius 3 is 0.899 bits per heavy atom. The van der Waals surface area contributed by atoms with Gasteiger partial charge in [-0.15, -0.1) is 0 Å². The lowest BCUT2D eigenvalue weighted by atomic mass is 9.94. The summed E-state index contributed by atoms with van der Waals surface area (Å²) in [7, 11) is 0. The summed E-state index contributed by atoms with van der Waals surface area (Å²) in [5.74, 6) is 0. The van der Waals surface area contributed by atoms with E-state index in [0.717, 1.165) is 72.1 Å². The minimum atomic E-state index is 0.910. The standard InChI is InChI=1S/C66H41NO2/c1-2-11-55-53(9-1)54-10-3-4-12-56(54)60-41-52(35-36-57(55)60)67(50-31-25-44(26-32-50)42-17-21-46(22-18-42)48-29-37-65-61(39-48)58-13-5-7-15-63(58)68-65)51-33-27-45(28-34-51)43-19-23-47(24-20-43)49-30-38-66-62(40-49)59-14-6-8-16-64(59)69-66/h1-41H. The van der Waals surface area contributed by atoms with Crippen LogP contribution >= 0.6 is 0 Å². The fourth-order valence-electron chi connectivity index (χ4n) is 10.6. The molecule has 0 fully saturated rings. The molecular weight excluding hydrogens is 839 g/mol. The summed E-state index contributed by atoms with van der Waals surface area (Å²) in [6.45, 7) is 0. The van der Waals surface area contributed by atoms with Crippen LogP contribution in [0.1, 0.15) is 0 Å². The van der Waals surface area contributed by atoms with Crippen LogP contribution in [0.5, 0.6) is 0 Å². The van der Waals surface area contributed by atoms with E-state index in [4.69, 9.17) is 8.83 Å². The SMILES string of the molecule is c1ccc2c(c1)oc1ccc(-c3ccc(-c4ccc(N(c5ccc(-c6ccc(-c7ccc8oc9ccccc9c8c7)cc6)cc5)c5ccc6c7ccccc7c7ccccc7c6c5)cc4)cc3)cc12. The summed E-state index contributed by atoms with van der Waals surface area (Å²) in [5.41, 5.74) is 16.3. The van der Waals surface area contributed by atoms with Crippen LogP contribution in [0.2, 0.25) is 0 Å². The second-order valence-electron chi connectivity index (χ2n) is 18.0. The molecule has 322 valence electrons. The number of para-hydroxylation sites is 2. The van der Waals surface area contributed by atoms with E-state index in [1.807, 2.05) is 24.3 Å². The molecule has 14 aromatic rings. The van der Waals surface area contributed by atoms with Crippen molar-refractivity contribution >= 4 is 93.3 Å². The van der Waals surface area contributed by atoms with Crippen molar-refractivity contribution in [2.45, 2.75) is 0 Å². The maximum Gasteiger partial charge on any atom is 0.135 e. The van der Waals surface area contributed by atoms with E-state index in [1.165, 1.54) is 65.7 Å². The third-order valence-corrected chi connectivity index (χ3v) is 14.1. The zero-order chi connectivity index (χ0) is 45.4. The number of benzene rings is 12. The van der Waals surface area contributed by atoms with Crippen LogP contribution in [0.15, 0.2) is 258 Å². The van der Waals surface area contributed by atoms with Crippen LogP contribution in [0.25, 0.3) is 121 Å². The molecule has 0 aliphatic heterocycles. The molecule has 0 radical (unpaired) electrons. The van der Waals surface area contributed by atoms with Crippen LogP contribution in [-0.2, 0) is 0 Å². The van der Waals surface area contributed by atoms with Gasteiger partial charge in [0.2, 0.25) is 0 Å². The van der Waals surface area contributed by atoms with Gasteiger partial charge in [-0.25, -0.2) is 0 Å². The Bertz CT molecular complexity index is 4040. The first-order valence-corrected chi connectivity index (χ1v) is 23.5. The summed E-state index contributed by atoms with van der Waals surface area (Å²) >= 11 is 0. The number of fused-ring (bicyclic) bond motifs is 12. The Morgan fingerprint density at radius 1 is 0.188 bits per heavy atom. The summed E-state index contributed by atoms with van der Waals surface area (Å²) in [4.78, 5) is 2.38. The predicted octanol–water partition coefficient (Wildman–Crippen LogP) is 19.1. The predicted molar refractivity (Wildman–Crippen MR) is 290 cm³/mol. The van der Waals surface area contributed by atoms with E-state index in [-0.39, 0.29) is 0 Å². The lowest BCUT2D eigenvalue weighted by Crippen LogP contribution is -2.10. The zero-order valence-corrected chi connectivity index (χ0v) is 37.4. The number of hydrogen-bond acceptors (Lipinski definition) is 3. The molecule has 0 saturated heterocycles. The van der Waals surface area contributed by atoms with Crippen molar-refractivity contribution in [3.05, 3.63) is 249 Å². The van der Waals surface area contributed by atoms with Gasteiger partial charge in [0.25, 0.3) is 0 Å². The highest BCUT2D eigenvalue weighted by molar-refractivity contribution is 6.26. The second-order valence-corrected chi connectivity index (χ2v) is 18.0. The third-order valence-electron chi connectivity index (χ3n) is 14.1. The molecule has 0 bridgehead atoms. The van der Waals surface area contributed by atoms with Crippen molar-refractivity contribution in [1.29, 1.82) is 0 Å². The molecule has 3 heteroatoms. The Hall–Kier alpha value is -9.18. The molecule has 0 atom stereocenters. The molecule has 2 heterocycles. The maximum atomic E-state index is 6.10. The molecule has 2 aromatic heterocycles. The lowest BCUT2D eigenvalue weighted by molar-refractivity contribution is 0.668. The van der Waals surface area contributed by atoms with Crippen molar-refractivity contribution in [2.75, 3.05) is 4.90 Å². The highest BCUT2D eigenvalue weighted by Crippen LogP contribution is 2.42. The van der Waals surface area contributed by atoms with Gasteiger partial charge in [0.15, 0.2) is 0 Å². The van der Waals surface area contributed by atoms with Gasteiger partial charge < -0.3 is 13.7 Å². The highest BCUT2D eigenvalue weighted by Gasteiger charge is 2.17. The molecule has 0 unspecified atom stereocenters. The molecule has 69 heavy (non-hydrogen) atoms. The largest absolute Gasteiger partial charge is 0.456 e. The molecule has 0 spiro atoms. The first-order chi connectivity index (χ1) is 34.2. The van der Waals surface area contributed by atoms with Crippen LogP contribution in [0.4, 0.5) is 17.1 Å². The van der Waals surface area contributed by atoms with Gasteiger partial charge in [0, 0.05) is 38.6 Å². The average Bonchev–Trinajstić information content (AvgIpc) is 3.99. The van der Waals surface area contributed by atoms with Crippen molar-refractivity contribution in [3.63, 3.8) is 0 Å². The zero-order valence-electron chi connectivity index (χ0n) is 37.4. The van der Waals surface area contributed by atoms with E-state index in [0.29, 0.717) is 0 Å². The average molecular weight is 880 g/mol. The molecule has 12 aromatic carbocycles. The van der Waals surface area contributed by atoms with Gasteiger partial charge in [-0.05, 0) is 150 Å². The minimum absolute atomic E-state index is 0.910. The number of rotatable bonds is 7. The molecule has 0 saturated carbocycles. The minimum Gasteiger partial charge on any atom is -0.456 e. The van der Waals surface area contributed by atoms with E-state index < -0.39 is 0 Å². The highest BCUT2D eigenvalue weighted by atomic mass is 16.3. The molecule has 0 amide bonds. The Kier molecular flexibility index (Phi) is 8.90. The van der Waals surface area contributed by atoms with Crippen LogP contribution in [-0.4, -0.2) is 0 Å². The van der Waals surface area contributed by atoms with Crippen molar-refractivity contribution in [1.82, 2.24) is 0 Å². The fourth-order valence-corrected chi connectivity index (χ4v) is 10.6. The number of furan rings is 2. The van der Waals surface area contributed by atoms with E-state index in [9.17, 15) is 0 Å². The molecule has 0 N–H and O–H groups in total. The molecule has 0 aliphatic rings. The topological polar surface area (TPSA) is 29.5 Å². The fraction of sp³-hybridized carbons (Fsp3) is 0. The van der Waals surface area contributed by atoms with Crippen molar-refractivity contribution < 1.29 is 8.83 Å². The van der Waals surface area contributed by atoms with Crippen molar-refractivity contribution in [2.24, 2.45) is 0 Å². The number of anilines is 3. The summed E-state index contributed by atoms with van der Waals surface area (Å²) in [6, 6.07) is 89.7. The molecule has 3 nitrogen and oxygen atoms in total. The van der Waals surface area contributed by atoms with Gasteiger partial charge in [0.05, 0.1) is 0 Å². The molecule has 14 rings (SSSR count). The van der Waals surface area contributed by atoms with Gasteiger partial charge >= 0.3 is 0 Å². The monoisotopic (exact) mass is 879 g/mol.